The van der Waals surface area contributed by atoms with E-state index in [4.69, 9.17) is 16.2 Å². The molecule has 2 amide bonds. The van der Waals surface area contributed by atoms with E-state index >= 15 is 0 Å². The number of amides is 2. The van der Waals surface area contributed by atoms with Crippen molar-refractivity contribution in [1.29, 1.82) is 0 Å². The lowest BCUT2D eigenvalue weighted by molar-refractivity contribution is -0.127. The highest BCUT2D eigenvalue weighted by atomic mass is 16.6. The number of hydrogen-bond acceptors (Lipinski definition) is 8. The monoisotopic (exact) mass is 493 g/mol. The molecule has 0 unspecified atom stereocenters. The molecule has 1 aromatic heterocycles. The van der Waals surface area contributed by atoms with Crippen molar-refractivity contribution in [1.82, 2.24) is 20.2 Å². The van der Waals surface area contributed by atoms with Gasteiger partial charge >= 0.3 is 6.09 Å². The number of aliphatic imine (C=N–C) groups is 1. The lowest BCUT2D eigenvalue weighted by Gasteiger charge is -2.23. The number of alkyl carbamates (subject to hydrolysis) is 1. The summed E-state index contributed by atoms with van der Waals surface area (Å²) >= 11 is 0. The fraction of sp³-hybridized carbons (Fsp3) is 0.423. The Balaban J connectivity index is 1.74. The fourth-order valence-corrected chi connectivity index (χ4v) is 3.82. The molecule has 0 saturated heterocycles. The van der Waals surface area contributed by atoms with Crippen LogP contribution in [0.4, 0.5) is 10.5 Å². The van der Waals surface area contributed by atoms with E-state index in [1.54, 1.807) is 31.1 Å². The van der Waals surface area contributed by atoms with Gasteiger partial charge in [0.05, 0.1) is 18.3 Å². The third-order valence-corrected chi connectivity index (χ3v) is 5.49. The van der Waals surface area contributed by atoms with Crippen LogP contribution in [0.1, 0.15) is 51.4 Å². The number of rotatable bonds is 10. The van der Waals surface area contributed by atoms with Crippen molar-refractivity contribution in [3.63, 3.8) is 0 Å². The van der Waals surface area contributed by atoms with Crippen LogP contribution < -0.4 is 16.8 Å². The molecule has 2 aromatic rings. The van der Waals surface area contributed by atoms with E-state index in [2.05, 4.69) is 20.3 Å². The van der Waals surface area contributed by atoms with Gasteiger partial charge in [0, 0.05) is 55.1 Å². The summed E-state index contributed by atoms with van der Waals surface area (Å²) in [5, 5.41) is 2.72. The maximum atomic E-state index is 13.4. The molecular weight excluding hydrogens is 458 g/mol. The van der Waals surface area contributed by atoms with Crippen LogP contribution in [-0.2, 0) is 16.1 Å². The average Bonchev–Trinajstić information content (AvgIpc) is 3.02. The van der Waals surface area contributed by atoms with E-state index in [9.17, 15) is 9.59 Å². The van der Waals surface area contributed by atoms with Gasteiger partial charge in [0.25, 0.3) is 0 Å². The smallest absolute Gasteiger partial charge is 0.407 e. The lowest BCUT2D eigenvalue weighted by Crippen LogP contribution is -2.36. The van der Waals surface area contributed by atoms with Crippen LogP contribution in [-0.4, -0.2) is 58.4 Å². The van der Waals surface area contributed by atoms with Gasteiger partial charge in [0.1, 0.15) is 11.7 Å². The van der Waals surface area contributed by atoms with Crippen molar-refractivity contribution in [3.8, 4) is 11.1 Å². The quantitative estimate of drug-likeness (QED) is 0.430. The second kappa shape index (κ2) is 12.8. The van der Waals surface area contributed by atoms with Gasteiger partial charge in [0.2, 0.25) is 5.91 Å². The third-order valence-electron chi connectivity index (χ3n) is 5.49. The highest BCUT2D eigenvalue weighted by molar-refractivity contribution is 6.05. The minimum atomic E-state index is -0.452. The maximum absolute atomic E-state index is 13.4. The number of benzene rings is 1. The SMILES string of the molecule is CCCN(CCCNC(=O)OC(C)C)C(=O)C1=Cc2ccc(-c3cnc(CN)nc3)cc2N=C(N)C1. The zero-order chi connectivity index (χ0) is 26.1. The molecule has 10 heteroatoms. The summed E-state index contributed by atoms with van der Waals surface area (Å²) in [4.78, 5) is 40.0. The summed E-state index contributed by atoms with van der Waals surface area (Å²) in [6.45, 7) is 7.43. The first-order valence-corrected chi connectivity index (χ1v) is 12.2. The van der Waals surface area contributed by atoms with Gasteiger partial charge in [-0.2, -0.15) is 0 Å². The van der Waals surface area contributed by atoms with E-state index in [-0.39, 0.29) is 25.0 Å². The largest absolute Gasteiger partial charge is 0.447 e. The number of fused-ring (bicyclic) bond motifs is 1. The molecule has 1 aliphatic rings. The van der Waals surface area contributed by atoms with Crippen molar-refractivity contribution in [3.05, 3.63) is 47.6 Å². The van der Waals surface area contributed by atoms with Crippen LogP contribution in [0.3, 0.4) is 0 Å². The Labute approximate surface area is 211 Å². The lowest BCUT2D eigenvalue weighted by atomic mass is 10.0. The molecule has 0 atom stereocenters. The number of carbonyl (C=O) groups is 2. The summed E-state index contributed by atoms with van der Waals surface area (Å²) in [5.41, 5.74) is 15.6. The molecule has 192 valence electrons. The minimum Gasteiger partial charge on any atom is -0.447 e. The van der Waals surface area contributed by atoms with Crippen LogP contribution in [0.15, 0.2) is 41.2 Å². The average molecular weight is 494 g/mol. The molecule has 10 nitrogen and oxygen atoms in total. The minimum absolute atomic E-state index is 0.0811. The van der Waals surface area contributed by atoms with Crippen LogP contribution >= 0.6 is 0 Å². The number of nitrogens with two attached hydrogens (primary N) is 2. The summed E-state index contributed by atoms with van der Waals surface area (Å²) in [5.74, 6) is 0.863. The molecule has 0 bridgehead atoms. The fourth-order valence-electron chi connectivity index (χ4n) is 3.82. The molecule has 2 heterocycles. The van der Waals surface area contributed by atoms with Gasteiger partial charge < -0.3 is 26.4 Å². The molecule has 5 N–H and O–H groups in total. The van der Waals surface area contributed by atoms with Gasteiger partial charge in [-0.05, 0) is 44.4 Å². The van der Waals surface area contributed by atoms with Gasteiger partial charge in [-0.25, -0.2) is 19.8 Å². The second-order valence-electron chi connectivity index (χ2n) is 8.84. The van der Waals surface area contributed by atoms with E-state index in [0.717, 1.165) is 23.1 Å². The topological polar surface area (TPSA) is 149 Å². The van der Waals surface area contributed by atoms with E-state index < -0.39 is 6.09 Å². The van der Waals surface area contributed by atoms with Gasteiger partial charge in [-0.1, -0.05) is 19.1 Å². The van der Waals surface area contributed by atoms with Gasteiger partial charge in [-0.15, -0.1) is 0 Å². The highest BCUT2D eigenvalue weighted by Gasteiger charge is 2.21. The zero-order valence-electron chi connectivity index (χ0n) is 21.2. The number of ether oxygens (including phenoxy) is 1. The number of carbonyl (C=O) groups excluding carboxylic acids is 2. The number of hydrogen-bond donors (Lipinski definition) is 3. The van der Waals surface area contributed by atoms with Gasteiger partial charge in [-0.3, -0.25) is 4.79 Å². The predicted molar refractivity (Wildman–Crippen MR) is 140 cm³/mol. The van der Waals surface area contributed by atoms with Crippen LogP contribution in [0.2, 0.25) is 0 Å². The predicted octanol–water partition coefficient (Wildman–Crippen LogP) is 3.14. The molecule has 0 aliphatic carbocycles. The summed E-state index contributed by atoms with van der Waals surface area (Å²) in [7, 11) is 0. The first-order chi connectivity index (χ1) is 17.3. The molecule has 3 rings (SSSR count). The van der Waals surface area contributed by atoms with Crippen LogP contribution in [0, 0.1) is 0 Å². The Kier molecular flexibility index (Phi) is 9.52. The van der Waals surface area contributed by atoms with Crippen LogP contribution in [0.5, 0.6) is 0 Å². The Morgan fingerprint density at radius 1 is 1.17 bits per heavy atom. The molecule has 0 saturated carbocycles. The summed E-state index contributed by atoms with van der Waals surface area (Å²) in [6.07, 6.45) is 6.37. The number of aromatic nitrogens is 2. The Bertz CT molecular complexity index is 1130. The molecule has 1 aromatic carbocycles. The zero-order valence-corrected chi connectivity index (χ0v) is 21.2. The van der Waals surface area contributed by atoms with Crippen LogP contribution in [0.25, 0.3) is 17.2 Å². The standard InChI is InChI=1S/C26H35N7O3/c1-4-9-33(10-5-8-29-26(35)36-17(2)3)25(34)20-11-19-7-6-18(12-22(19)32-23(28)13-20)21-15-30-24(14-27)31-16-21/h6-7,11-12,15-17H,4-5,8-10,13-14,27H2,1-3H3,(H2,28,32)(H,29,35). The van der Waals surface area contributed by atoms with E-state index in [1.165, 1.54) is 0 Å². The van der Waals surface area contributed by atoms with E-state index in [0.29, 0.717) is 49.0 Å². The molecule has 0 fully saturated rings. The number of nitrogens with one attached hydrogen (secondary N) is 1. The summed E-state index contributed by atoms with van der Waals surface area (Å²) < 4.78 is 5.07. The van der Waals surface area contributed by atoms with Gasteiger partial charge in [0.15, 0.2) is 0 Å². The summed E-state index contributed by atoms with van der Waals surface area (Å²) in [6, 6.07) is 5.78. The second-order valence-corrected chi connectivity index (χ2v) is 8.84. The van der Waals surface area contributed by atoms with Crippen molar-refractivity contribution in [2.24, 2.45) is 16.5 Å². The van der Waals surface area contributed by atoms with Crippen molar-refractivity contribution in [2.75, 3.05) is 19.6 Å². The highest BCUT2D eigenvalue weighted by Crippen LogP contribution is 2.31. The Hall–Kier alpha value is -3.79. The normalized spacial score (nSPS) is 12.8. The first-order valence-electron chi connectivity index (χ1n) is 12.2. The van der Waals surface area contributed by atoms with Crippen molar-refractivity contribution in [2.45, 2.75) is 52.7 Å². The van der Waals surface area contributed by atoms with Crippen molar-refractivity contribution < 1.29 is 14.3 Å². The Morgan fingerprint density at radius 3 is 2.58 bits per heavy atom. The number of amidine groups is 1. The molecule has 1 aliphatic heterocycles. The first kappa shape index (κ1) is 26.8. The molecule has 0 radical (unpaired) electrons. The van der Waals surface area contributed by atoms with E-state index in [1.807, 2.05) is 31.2 Å². The molecule has 36 heavy (non-hydrogen) atoms. The molecule has 0 spiro atoms. The Morgan fingerprint density at radius 2 is 1.92 bits per heavy atom. The number of nitrogens with zero attached hydrogens (tertiary/aromatic N) is 4. The third kappa shape index (κ3) is 7.35. The van der Waals surface area contributed by atoms with Crippen molar-refractivity contribution >= 4 is 29.6 Å². The maximum Gasteiger partial charge on any atom is 0.407 e. The molecular formula is C26H35N7O3.